The average molecular weight is 270 g/mol. The summed E-state index contributed by atoms with van der Waals surface area (Å²) in [5.41, 5.74) is 1.70. The van der Waals surface area contributed by atoms with Crippen LogP contribution >= 0.6 is 11.6 Å². The maximum absolute atomic E-state index is 11.5. The number of morpholine rings is 1. The molecule has 18 heavy (non-hydrogen) atoms. The number of carbonyl (C=O) groups is 1. The molecule has 1 aliphatic rings. The van der Waals surface area contributed by atoms with Gasteiger partial charge in [0, 0.05) is 18.1 Å². The van der Waals surface area contributed by atoms with Crippen LogP contribution in [0.1, 0.15) is 17.2 Å². The second-order valence-corrected chi connectivity index (χ2v) is 4.83. The average Bonchev–Trinajstić information content (AvgIpc) is 2.33. The summed E-state index contributed by atoms with van der Waals surface area (Å²) in [4.78, 5) is 13.5. The number of hydrogen-bond donors (Lipinski definition) is 1. The number of carboxylic acids is 1. The third kappa shape index (κ3) is 2.83. The molecule has 4 nitrogen and oxygen atoms in total. The van der Waals surface area contributed by atoms with Gasteiger partial charge in [-0.1, -0.05) is 17.7 Å². The highest BCUT2D eigenvalue weighted by Crippen LogP contribution is 2.27. The van der Waals surface area contributed by atoms with E-state index in [1.54, 1.807) is 18.2 Å². The van der Waals surface area contributed by atoms with Gasteiger partial charge in [0.2, 0.25) is 0 Å². The number of rotatable bonds is 3. The van der Waals surface area contributed by atoms with Crippen molar-refractivity contribution in [3.05, 3.63) is 34.3 Å². The lowest BCUT2D eigenvalue weighted by Gasteiger charge is -2.32. The molecule has 1 aromatic rings. The Kier molecular flexibility index (Phi) is 4.22. The third-order valence-corrected chi connectivity index (χ3v) is 3.41. The number of halogens is 1. The van der Waals surface area contributed by atoms with Crippen molar-refractivity contribution in [2.75, 3.05) is 26.3 Å². The number of benzene rings is 1. The SMILES string of the molecule is Cc1cc(Cl)ccc1C(C(=O)O)N1CCOCC1. The molecular weight excluding hydrogens is 254 g/mol. The number of aryl methyl sites for hydroxylation is 1. The van der Waals surface area contributed by atoms with Gasteiger partial charge in [-0.3, -0.25) is 9.69 Å². The molecule has 1 atom stereocenters. The lowest BCUT2D eigenvalue weighted by Crippen LogP contribution is -2.42. The molecule has 1 fully saturated rings. The van der Waals surface area contributed by atoms with E-state index in [0.717, 1.165) is 11.1 Å². The number of hydrogen-bond acceptors (Lipinski definition) is 3. The molecule has 1 aromatic carbocycles. The van der Waals surface area contributed by atoms with Crippen molar-refractivity contribution in [3.63, 3.8) is 0 Å². The van der Waals surface area contributed by atoms with Crippen LogP contribution in [0.15, 0.2) is 18.2 Å². The molecule has 1 unspecified atom stereocenters. The Morgan fingerprint density at radius 3 is 2.67 bits per heavy atom. The van der Waals surface area contributed by atoms with E-state index in [-0.39, 0.29) is 0 Å². The first-order chi connectivity index (χ1) is 8.59. The van der Waals surface area contributed by atoms with Gasteiger partial charge >= 0.3 is 5.97 Å². The van der Waals surface area contributed by atoms with Gasteiger partial charge < -0.3 is 9.84 Å². The fraction of sp³-hybridized carbons (Fsp3) is 0.462. The highest BCUT2D eigenvalue weighted by molar-refractivity contribution is 6.30. The zero-order chi connectivity index (χ0) is 13.1. The summed E-state index contributed by atoms with van der Waals surface area (Å²) < 4.78 is 5.26. The number of nitrogens with zero attached hydrogens (tertiary/aromatic N) is 1. The Balaban J connectivity index is 2.31. The first-order valence-corrected chi connectivity index (χ1v) is 6.28. The molecule has 1 N–H and O–H groups in total. The highest BCUT2D eigenvalue weighted by Gasteiger charge is 2.29. The van der Waals surface area contributed by atoms with Crippen LogP contribution in [0.2, 0.25) is 5.02 Å². The van der Waals surface area contributed by atoms with Crippen molar-refractivity contribution < 1.29 is 14.6 Å². The van der Waals surface area contributed by atoms with E-state index in [0.29, 0.717) is 31.3 Å². The maximum atomic E-state index is 11.5. The largest absolute Gasteiger partial charge is 0.480 e. The van der Waals surface area contributed by atoms with Crippen LogP contribution < -0.4 is 0 Å². The van der Waals surface area contributed by atoms with E-state index in [4.69, 9.17) is 16.3 Å². The first-order valence-electron chi connectivity index (χ1n) is 5.90. The van der Waals surface area contributed by atoms with E-state index in [1.165, 1.54) is 0 Å². The van der Waals surface area contributed by atoms with E-state index in [1.807, 2.05) is 11.8 Å². The zero-order valence-corrected chi connectivity index (χ0v) is 11.0. The van der Waals surface area contributed by atoms with Gasteiger partial charge in [0.25, 0.3) is 0 Å². The molecule has 98 valence electrons. The first kappa shape index (κ1) is 13.3. The minimum atomic E-state index is -0.831. The van der Waals surface area contributed by atoms with Gasteiger partial charge in [-0.25, -0.2) is 0 Å². The van der Waals surface area contributed by atoms with Gasteiger partial charge in [0.1, 0.15) is 6.04 Å². The Labute approximate surface area is 111 Å². The van der Waals surface area contributed by atoms with E-state index in [2.05, 4.69) is 0 Å². The Morgan fingerprint density at radius 2 is 2.11 bits per heavy atom. The molecular formula is C13H16ClNO3. The quantitative estimate of drug-likeness (QED) is 0.913. The summed E-state index contributed by atoms with van der Waals surface area (Å²) in [6.45, 7) is 4.32. The molecule has 1 saturated heterocycles. The summed E-state index contributed by atoms with van der Waals surface area (Å²) in [5.74, 6) is -0.831. The van der Waals surface area contributed by atoms with Crippen molar-refractivity contribution in [2.24, 2.45) is 0 Å². The standard InChI is InChI=1S/C13H16ClNO3/c1-9-8-10(14)2-3-11(9)12(13(16)17)15-4-6-18-7-5-15/h2-3,8,12H,4-7H2,1H3,(H,16,17). The fourth-order valence-corrected chi connectivity index (χ4v) is 2.49. The topological polar surface area (TPSA) is 49.8 Å². The van der Waals surface area contributed by atoms with Gasteiger partial charge in [-0.05, 0) is 30.2 Å². The Hall–Kier alpha value is -1.10. The summed E-state index contributed by atoms with van der Waals surface area (Å²) >= 11 is 5.91. The molecule has 0 aromatic heterocycles. The maximum Gasteiger partial charge on any atom is 0.325 e. The molecule has 1 heterocycles. The monoisotopic (exact) mass is 269 g/mol. The van der Waals surface area contributed by atoms with Crippen molar-refractivity contribution in [1.29, 1.82) is 0 Å². The lowest BCUT2D eigenvalue weighted by molar-refractivity contribution is -0.145. The molecule has 0 radical (unpaired) electrons. The van der Waals surface area contributed by atoms with Gasteiger partial charge in [0.05, 0.1) is 13.2 Å². The predicted octanol–water partition coefficient (Wildman–Crippen LogP) is 2.11. The molecule has 1 aliphatic heterocycles. The minimum Gasteiger partial charge on any atom is -0.480 e. The van der Waals surface area contributed by atoms with Crippen molar-refractivity contribution in [2.45, 2.75) is 13.0 Å². The smallest absolute Gasteiger partial charge is 0.325 e. The second kappa shape index (κ2) is 5.69. The predicted molar refractivity (Wildman–Crippen MR) is 69.0 cm³/mol. The molecule has 0 spiro atoms. The molecule has 0 amide bonds. The van der Waals surface area contributed by atoms with Gasteiger partial charge in [-0.2, -0.15) is 0 Å². The second-order valence-electron chi connectivity index (χ2n) is 4.39. The molecule has 0 bridgehead atoms. The van der Waals surface area contributed by atoms with Crippen LogP contribution in [0.5, 0.6) is 0 Å². The molecule has 5 heteroatoms. The fourth-order valence-electron chi connectivity index (χ4n) is 2.27. The summed E-state index contributed by atoms with van der Waals surface area (Å²) in [6.07, 6.45) is 0. The molecule has 0 saturated carbocycles. The Morgan fingerprint density at radius 1 is 1.44 bits per heavy atom. The van der Waals surface area contributed by atoms with Crippen molar-refractivity contribution in [1.82, 2.24) is 4.90 Å². The normalized spacial score (nSPS) is 18.6. The van der Waals surface area contributed by atoms with Crippen molar-refractivity contribution >= 4 is 17.6 Å². The summed E-state index contributed by atoms with van der Waals surface area (Å²) in [6, 6.07) is 4.71. The van der Waals surface area contributed by atoms with Gasteiger partial charge in [-0.15, -0.1) is 0 Å². The third-order valence-electron chi connectivity index (χ3n) is 3.17. The van der Waals surface area contributed by atoms with Crippen LogP contribution in [0, 0.1) is 6.92 Å². The summed E-state index contributed by atoms with van der Waals surface area (Å²) in [5, 5.41) is 10.1. The molecule has 0 aliphatic carbocycles. The van der Waals surface area contributed by atoms with Crippen LogP contribution in [-0.2, 0) is 9.53 Å². The number of carboxylic acid groups (broad SMARTS) is 1. The summed E-state index contributed by atoms with van der Waals surface area (Å²) in [7, 11) is 0. The molecule has 2 rings (SSSR count). The minimum absolute atomic E-state index is 0.580. The van der Waals surface area contributed by atoms with Crippen LogP contribution in [0.4, 0.5) is 0 Å². The highest BCUT2D eigenvalue weighted by atomic mass is 35.5. The Bertz CT molecular complexity index is 444. The van der Waals surface area contributed by atoms with Crippen LogP contribution in [0.25, 0.3) is 0 Å². The number of aliphatic carboxylic acids is 1. The van der Waals surface area contributed by atoms with E-state index < -0.39 is 12.0 Å². The van der Waals surface area contributed by atoms with E-state index >= 15 is 0 Å². The van der Waals surface area contributed by atoms with Crippen LogP contribution in [-0.4, -0.2) is 42.3 Å². The van der Waals surface area contributed by atoms with Crippen molar-refractivity contribution in [3.8, 4) is 0 Å². The van der Waals surface area contributed by atoms with E-state index in [9.17, 15) is 9.90 Å². The van der Waals surface area contributed by atoms with Crippen LogP contribution in [0.3, 0.4) is 0 Å². The number of ether oxygens (including phenoxy) is 1. The lowest BCUT2D eigenvalue weighted by atomic mass is 9.99. The zero-order valence-electron chi connectivity index (χ0n) is 10.2. The van der Waals surface area contributed by atoms with Gasteiger partial charge in [0.15, 0.2) is 0 Å².